The predicted molar refractivity (Wildman–Crippen MR) is 90.4 cm³/mol. The Morgan fingerprint density at radius 2 is 2.42 bits per heavy atom. The van der Waals surface area contributed by atoms with E-state index in [-0.39, 0.29) is 11.9 Å². The van der Waals surface area contributed by atoms with Gasteiger partial charge in [0, 0.05) is 42.2 Å². The predicted octanol–water partition coefficient (Wildman–Crippen LogP) is 3.42. The van der Waals surface area contributed by atoms with Crippen molar-refractivity contribution < 1.29 is 9.32 Å². The number of likely N-dealkylation sites (tertiary alicyclic amines) is 1. The monoisotopic (exact) mass is 342 g/mol. The lowest BCUT2D eigenvalue weighted by molar-refractivity contribution is -0.132. The van der Waals surface area contributed by atoms with Gasteiger partial charge in [-0.3, -0.25) is 4.79 Å². The average molecular weight is 342 g/mol. The number of aryl methyl sites for hydroxylation is 1. The van der Waals surface area contributed by atoms with Gasteiger partial charge in [-0.25, -0.2) is 0 Å². The van der Waals surface area contributed by atoms with Crippen molar-refractivity contribution in [3.63, 3.8) is 0 Å². The van der Waals surface area contributed by atoms with Crippen LogP contribution < -0.4 is 0 Å². The Balaban J connectivity index is 1.38. The standard InChI is InChI=1S/C17H18N4O2S/c22-16(21-9-2-4-14(21)13-3-1-8-18-13)6-5-15-19-17(20-23-15)12-7-10-24-11-12/h1,3,7-8,10-11,14,18H,2,4-6,9H2/t14-/m1/s1. The van der Waals surface area contributed by atoms with Crippen molar-refractivity contribution in [3.05, 3.63) is 46.7 Å². The van der Waals surface area contributed by atoms with Crippen LogP contribution in [0.3, 0.4) is 0 Å². The number of thiophene rings is 1. The number of H-pyrrole nitrogens is 1. The van der Waals surface area contributed by atoms with Crippen LogP contribution in [-0.4, -0.2) is 32.5 Å². The highest BCUT2D eigenvalue weighted by molar-refractivity contribution is 7.08. The summed E-state index contributed by atoms with van der Waals surface area (Å²) in [6, 6.07) is 6.13. The second-order valence-electron chi connectivity index (χ2n) is 5.89. The van der Waals surface area contributed by atoms with Gasteiger partial charge in [-0.2, -0.15) is 16.3 Å². The average Bonchev–Trinajstić information content (AvgIpc) is 3.40. The van der Waals surface area contributed by atoms with Gasteiger partial charge in [0.15, 0.2) is 0 Å². The Kier molecular flexibility index (Phi) is 4.17. The van der Waals surface area contributed by atoms with Gasteiger partial charge >= 0.3 is 0 Å². The van der Waals surface area contributed by atoms with Crippen molar-refractivity contribution >= 4 is 17.2 Å². The summed E-state index contributed by atoms with van der Waals surface area (Å²) in [6.07, 6.45) is 4.82. The number of nitrogens with zero attached hydrogens (tertiary/aromatic N) is 3. The van der Waals surface area contributed by atoms with Crippen LogP contribution in [0.2, 0.25) is 0 Å². The molecule has 3 aromatic heterocycles. The molecule has 6 nitrogen and oxygen atoms in total. The largest absolute Gasteiger partial charge is 0.363 e. The molecule has 1 amide bonds. The second kappa shape index (κ2) is 6.60. The van der Waals surface area contributed by atoms with Gasteiger partial charge in [-0.05, 0) is 36.4 Å². The van der Waals surface area contributed by atoms with Crippen LogP contribution >= 0.6 is 11.3 Å². The molecule has 124 valence electrons. The van der Waals surface area contributed by atoms with Gasteiger partial charge < -0.3 is 14.4 Å². The Morgan fingerprint density at radius 3 is 3.21 bits per heavy atom. The molecule has 24 heavy (non-hydrogen) atoms. The molecule has 1 aliphatic heterocycles. The number of aromatic nitrogens is 3. The van der Waals surface area contributed by atoms with E-state index in [1.54, 1.807) is 11.3 Å². The molecular formula is C17H18N4O2S. The van der Waals surface area contributed by atoms with Crippen LogP contribution in [0.25, 0.3) is 11.4 Å². The van der Waals surface area contributed by atoms with Crippen molar-refractivity contribution in [3.8, 4) is 11.4 Å². The number of aromatic amines is 1. The summed E-state index contributed by atoms with van der Waals surface area (Å²) in [6.45, 7) is 0.812. The first-order valence-electron chi connectivity index (χ1n) is 8.09. The van der Waals surface area contributed by atoms with Crippen LogP contribution in [0.1, 0.15) is 36.9 Å². The van der Waals surface area contributed by atoms with Crippen molar-refractivity contribution in [2.75, 3.05) is 6.54 Å². The zero-order valence-electron chi connectivity index (χ0n) is 13.1. The Morgan fingerprint density at radius 1 is 1.46 bits per heavy atom. The maximum Gasteiger partial charge on any atom is 0.227 e. The summed E-state index contributed by atoms with van der Waals surface area (Å²) in [5, 5.41) is 7.93. The molecule has 0 radical (unpaired) electrons. The molecule has 0 aromatic carbocycles. The first-order chi connectivity index (χ1) is 11.8. The van der Waals surface area contributed by atoms with Crippen molar-refractivity contribution in [2.24, 2.45) is 0 Å². The summed E-state index contributed by atoms with van der Waals surface area (Å²) >= 11 is 1.59. The number of hydrogen-bond acceptors (Lipinski definition) is 5. The van der Waals surface area contributed by atoms with Crippen LogP contribution in [-0.2, 0) is 11.2 Å². The van der Waals surface area contributed by atoms with Crippen LogP contribution in [0.4, 0.5) is 0 Å². The minimum absolute atomic E-state index is 0.141. The van der Waals surface area contributed by atoms with Crippen molar-refractivity contribution in [1.82, 2.24) is 20.0 Å². The molecule has 0 unspecified atom stereocenters. The minimum atomic E-state index is 0.141. The lowest BCUT2D eigenvalue weighted by Gasteiger charge is -2.23. The van der Waals surface area contributed by atoms with Crippen molar-refractivity contribution in [2.45, 2.75) is 31.7 Å². The van der Waals surface area contributed by atoms with Gasteiger partial charge in [-0.1, -0.05) is 5.16 Å². The third-order valence-corrected chi connectivity index (χ3v) is 5.04. The molecule has 1 aliphatic rings. The van der Waals surface area contributed by atoms with Crippen LogP contribution in [0.15, 0.2) is 39.7 Å². The highest BCUT2D eigenvalue weighted by Crippen LogP contribution is 2.31. The van der Waals surface area contributed by atoms with Gasteiger partial charge in [0.05, 0.1) is 6.04 Å². The fourth-order valence-electron chi connectivity index (χ4n) is 3.16. The Bertz CT molecular complexity index is 795. The maximum atomic E-state index is 12.6. The molecule has 4 heterocycles. The van der Waals surface area contributed by atoms with Gasteiger partial charge in [-0.15, -0.1) is 0 Å². The highest BCUT2D eigenvalue weighted by Gasteiger charge is 2.30. The summed E-state index contributed by atoms with van der Waals surface area (Å²) < 4.78 is 5.27. The smallest absolute Gasteiger partial charge is 0.227 e. The minimum Gasteiger partial charge on any atom is -0.363 e. The molecule has 1 saturated heterocycles. The topological polar surface area (TPSA) is 75.0 Å². The fraction of sp³-hybridized carbons (Fsp3) is 0.353. The van der Waals surface area contributed by atoms with Crippen molar-refractivity contribution in [1.29, 1.82) is 0 Å². The third kappa shape index (κ3) is 2.99. The van der Waals surface area contributed by atoms with E-state index in [9.17, 15) is 4.79 Å². The van der Waals surface area contributed by atoms with Gasteiger partial charge in [0.2, 0.25) is 17.6 Å². The Hall–Kier alpha value is -2.41. The fourth-order valence-corrected chi connectivity index (χ4v) is 3.80. The SMILES string of the molecule is O=C(CCc1nc(-c2ccsc2)no1)N1CCC[C@@H]1c1ccc[nH]1. The molecule has 0 bridgehead atoms. The number of carbonyl (C=O) groups is 1. The van der Waals surface area contributed by atoms with E-state index in [1.165, 1.54) is 0 Å². The first-order valence-corrected chi connectivity index (χ1v) is 9.03. The van der Waals surface area contributed by atoms with E-state index in [2.05, 4.69) is 15.1 Å². The van der Waals surface area contributed by atoms with E-state index in [0.717, 1.165) is 30.6 Å². The molecule has 3 aromatic rings. The quantitative estimate of drug-likeness (QED) is 0.771. The lowest BCUT2D eigenvalue weighted by atomic mass is 10.1. The summed E-state index contributed by atoms with van der Waals surface area (Å²) in [4.78, 5) is 22.1. The number of hydrogen-bond donors (Lipinski definition) is 1. The number of nitrogens with one attached hydrogen (secondary N) is 1. The van der Waals surface area contributed by atoms with E-state index in [1.807, 2.05) is 40.1 Å². The number of amides is 1. The molecule has 0 spiro atoms. The zero-order valence-corrected chi connectivity index (χ0v) is 14.0. The number of carbonyl (C=O) groups excluding carboxylic acids is 1. The summed E-state index contributed by atoms with van der Waals surface area (Å²) in [5.41, 5.74) is 2.06. The summed E-state index contributed by atoms with van der Waals surface area (Å²) in [7, 11) is 0. The molecule has 1 fully saturated rings. The highest BCUT2D eigenvalue weighted by atomic mass is 32.1. The maximum absolute atomic E-state index is 12.6. The molecule has 1 atom stereocenters. The molecule has 4 rings (SSSR count). The van der Waals surface area contributed by atoms with Crippen LogP contribution in [0.5, 0.6) is 0 Å². The molecule has 0 saturated carbocycles. The van der Waals surface area contributed by atoms with Gasteiger partial charge in [0.25, 0.3) is 0 Å². The first kappa shape index (κ1) is 15.1. The second-order valence-corrected chi connectivity index (χ2v) is 6.67. The van der Waals surface area contributed by atoms with E-state index < -0.39 is 0 Å². The van der Waals surface area contributed by atoms with E-state index in [4.69, 9.17) is 4.52 Å². The van der Waals surface area contributed by atoms with Gasteiger partial charge in [0.1, 0.15) is 0 Å². The molecular weight excluding hydrogens is 324 g/mol. The third-order valence-electron chi connectivity index (χ3n) is 4.35. The molecule has 0 aliphatic carbocycles. The molecule has 1 N–H and O–H groups in total. The van der Waals surface area contributed by atoms with Crippen LogP contribution in [0, 0.1) is 0 Å². The normalized spacial score (nSPS) is 17.5. The molecule has 7 heteroatoms. The van der Waals surface area contributed by atoms with E-state index >= 15 is 0 Å². The Labute approximate surface area is 143 Å². The lowest BCUT2D eigenvalue weighted by Crippen LogP contribution is -2.30. The number of rotatable bonds is 5. The van der Waals surface area contributed by atoms with E-state index in [0.29, 0.717) is 24.6 Å². The zero-order chi connectivity index (χ0) is 16.4. The summed E-state index contributed by atoms with van der Waals surface area (Å²) in [5.74, 6) is 1.24.